The van der Waals surface area contributed by atoms with Crippen molar-refractivity contribution in [3.05, 3.63) is 174 Å². The topological polar surface area (TPSA) is 36.9 Å². The molecule has 6 aromatic rings. The number of hydrogen-bond donors (Lipinski definition) is 0. The fourth-order valence-electron chi connectivity index (χ4n) is 8.83. The highest BCUT2D eigenvalue weighted by atomic mass is 16.6. The first-order valence-electron chi connectivity index (χ1n) is 22.5. The average molecular weight is 827 g/mol. The van der Waals surface area contributed by atoms with E-state index in [0.717, 1.165) is 50.8 Å². The number of rotatable bonds is 15. The molecule has 0 unspecified atom stereocenters. The Bertz CT molecular complexity index is 2300. The van der Waals surface area contributed by atoms with Crippen LogP contribution >= 0.6 is 0 Å². The minimum atomic E-state index is -0.625. The summed E-state index contributed by atoms with van der Waals surface area (Å²) >= 11 is 0. The minimum absolute atomic E-state index is 0.178. The van der Waals surface area contributed by atoms with Gasteiger partial charge in [0.2, 0.25) is 0 Å². The average Bonchev–Trinajstić information content (AvgIpc) is 3.19. The first-order chi connectivity index (χ1) is 29.3. The molecular formula is C56H68B2O4. The molecule has 0 saturated heterocycles. The molecule has 6 aromatic carbocycles. The van der Waals surface area contributed by atoms with Crippen molar-refractivity contribution in [2.75, 3.05) is 0 Å². The molecule has 0 aromatic heterocycles. The molecule has 6 heteroatoms. The van der Waals surface area contributed by atoms with Gasteiger partial charge in [-0.15, -0.1) is 0 Å². The SMILES string of the molecule is Cc1ccc(CB(Oc2ccc(C)cc2C)Oc2c(C(C)C)cc(C)c(C)c2-c2c(C)c(C)cc(C(C)C)c2CB(Oc2ccc(C)cc2C)Oc2ccc(C)cc2C)c(C)c1. The maximum absolute atomic E-state index is 7.52. The maximum atomic E-state index is 7.52. The summed E-state index contributed by atoms with van der Waals surface area (Å²) < 4.78 is 28.5. The Morgan fingerprint density at radius 3 is 1.19 bits per heavy atom. The first-order valence-corrected chi connectivity index (χ1v) is 22.5. The van der Waals surface area contributed by atoms with Crippen molar-refractivity contribution in [3.63, 3.8) is 0 Å². The van der Waals surface area contributed by atoms with Gasteiger partial charge in [-0.05, 0) is 185 Å². The second-order valence-electron chi connectivity index (χ2n) is 18.7. The normalized spacial score (nSPS) is 11.3. The Kier molecular flexibility index (Phi) is 14.4. The molecule has 0 heterocycles. The largest absolute Gasteiger partial charge is 0.599 e. The molecule has 0 amide bonds. The van der Waals surface area contributed by atoms with Gasteiger partial charge in [-0.3, -0.25) is 0 Å². The zero-order valence-corrected chi connectivity index (χ0v) is 40.4. The molecule has 0 aliphatic carbocycles. The van der Waals surface area contributed by atoms with E-state index >= 15 is 0 Å². The van der Waals surface area contributed by atoms with Crippen LogP contribution in [0.5, 0.6) is 23.0 Å². The summed E-state index contributed by atoms with van der Waals surface area (Å²) in [5.41, 5.74) is 21.3. The van der Waals surface area contributed by atoms with E-state index in [1.54, 1.807) is 0 Å². The maximum Gasteiger partial charge on any atom is 0.599 e. The summed E-state index contributed by atoms with van der Waals surface area (Å²) in [6.07, 6.45) is 1.09. The lowest BCUT2D eigenvalue weighted by Crippen LogP contribution is -2.35. The van der Waals surface area contributed by atoms with Crippen LogP contribution in [0.2, 0.25) is 0 Å². The Hall–Kier alpha value is -5.35. The van der Waals surface area contributed by atoms with Crippen molar-refractivity contribution in [3.8, 4) is 34.1 Å². The van der Waals surface area contributed by atoms with Crippen molar-refractivity contribution in [2.45, 2.75) is 135 Å². The number of benzene rings is 6. The summed E-state index contributed by atoms with van der Waals surface area (Å²) in [6, 6.07) is 30.5. The molecule has 0 spiro atoms. The van der Waals surface area contributed by atoms with Gasteiger partial charge in [0.05, 0.1) is 0 Å². The highest BCUT2D eigenvalue weighted by molar-refractivity contribution is 6.46. The molecule has 322 valence electrons. The van der Waals surface area contributed by atoms with Crippen LogP contribution in [0.3, 0.4) is 0 Å². The van der Waals surface area contributed by atoms with Gasteiger partial charge in [-0.25, -0.2) is 0 Å². The molecule has 6 rings (SSSR count). The molecule has 0 bridgehead atoms. The van der Waals surface area contributed by atoms with E-state index in [0.29, 0.717) is 12.6 Å². The molecule has 0 N–H and O–H groups in total. The molecule has 0 aliphatic rings. The van der Waals surface area contributed by atoms with Crippen molar-refractivity contribution < 1.29 is 18.6 Å². The summed E-state index contributed by atoms with van der Waals surface area (Å²) in [5, 5.41) is 0. The molecule has 0 atom stereocenters. The Labute approximate surface area is 374 Å². The van der Waals surface area contributed by atoms with Gasteiger partial charge in [0.15, 0.2) is 0 Å². The predicted octanol–water partition coefficient (Wildman–Crippen LogP) is 14.8. The zero-order chi connectivity index (χ0) is 45.2. The van der Waals surface area contributed by atoms with Crippen LogP contribution in [-0.2, 0) is 12.6 Å². The lowest BCUT2D eigenvalue weighted by Gasteiger charge is -2.30. The van der Waals surface area contributed by atoms with E-state index < -0.39 is 14.2 Å². The summed E-state index contributed by atoms with van der Waals surface area (Å²) in [7, 11) is -1.23. The highest BCUT2D eigenvalue weighted by Crippen LogP contribution is 2.47. The minimum Gasteiger partial charge on any atom is -0.525 e. The third-order valence-corrected chi connectivity index (χ3v) is 12.6. The van der Waals surface area contributed by atoms with E-state index in [9.17, 15) is 0 Å². The summed E-state index contributed by atoms with van der Waals surface area (Å²) in [6.45, 7) is 35.1. The molecule has 0 saturated carbocycles. The van der Waals surface area contributed by atoms with Gasteiger partial charge in [-0.1, -0.05) is 117 Å². The van der Waals surface area contributed by atoms with Crippen LogP contribution in [0.15, 0.2) is 84.9 Å². The highest BCUT2D eigenvalue weighted by Gasteiger charge is 2.34. The Morgan fingerprint density at radius 1 is 0.387 bits per heavy atom. The second-order valence-corrected chi connectivity index (χ2v) is 18.7. The summed E-state index contributed by atoms with van der Waals surface area (Å²) in [4.78, 5) is 0. The van der Waals surface area contributed by atoms with Gasteiger partial charge < -0.3 is 18.6 Å². The standard InChI is InChI=1S/C56H68B2O4/c1-33(2)48-29-39(9)45(15)54(50(48)32-58(60-52-23-19-37(7)27-43(52)13)61-53-24-20-38(8)28-44(53)14)55-46(16)40(10)30-49(34(3)4)56(55)62-57(31-47-21-17-35(5)25-41(47)11)59-51-22-18-36(6)26-42(51)12/h17-30,33-34H,31-32H2,1-16H3. The molecule has 0 aliphatic heterocycles. The van der Waals surface area contributed by atoms with E-state index in [4.69, 9.17) is 18.6 Å². The van der Waals surface area contributed by atoms with Gasteiger partial charge in [-0.2, -0.15) is 0 Å². The molecule has 4 nitrogen and oxygen atoms in total. The molecule has 62 heavy (non-hydrogen) atoms. The van der Waals surface area contributed by atoms with E-state index in [1.807, 2.05) is 0 Å². The van der Waals surface area contributed by atoms with Crippen molar-refractivity contribution in [1.82, 2.24) is 0 Å². The fourth-order valence-corrected chi connectivity index (χ4v) is 8.83. The molecule has 0 fully saturated rings. The van der Waals surface area contributed by atoms with Crippen molar-refractivity contribution in [2.24, 2.45) is 0 Å². The van der Waals surface area contributed by atoms with Gasteiger partial charge in [0.25, 0.3) is 0 Å². The summed E-state index contributed by atoms with van der Waals surface area (Å²) in [5.74, 6) is 3.74. The van der Waals surface area contributed by atoms with E-state index in [1.165, 1.54) is 72.3 Å². The van der Waals surface area contributed by atoms with E-state index in [-0.39, 0.29) is 11.8 Å². The van der Waals surface area contributed by atoms with Crippen LogP contribution in [0.25, 0.3) is 11.1 Å². The van der Waals surface area contributed by atoms with Gasteiger partial charge in [0, 0.05) is 18.2 Å². The van der Waals surface area contributed by atoms with Crippen LogP contribution in [-0.4, -0.2) is 14.2 Å². The monoisotopic (exact) mass is 827 g/mol. The van der Waals surface area contributed by atoms with E-state index in [2.05, 4.69) is 196 Å². The Morgan fingerprint density at radius 2 is 0.774 bits per heavy atom. The smallest absolute Gasteiger partial charge is 0.525 e. The second kappa shape index (κ2) is 19.4. The van der Waals surface area contributed by atoms with Crippen LogP contribution in [0.1, 0.15) is 129 Å². The first kappa shape index (κ1) is 46.2. The quantitative estimate of drug-likeness (QED) is 0.0967. The third kappa shape index (κ3) is 10.5. The molecular weight excluding hydrogens is 758 g/mol. The lowest BCUT2D eigenvalue weighted by atomic mass is 9.71. The van der Waals surface area contributed by atoms with Gasteiger partial charge >= 0.3 is 14.2 Å². The van der Waals surface area contributed by atoms with Crippen LogP contribution < -0.4 is 18.6 Å². The third-order valence-electron chi connectivity index (χ3n) is 12.6. The molecule has 0 radical (unpaired) electrons. The zero-order valence-electron chi connectivity index (χ0n) is 40.4. The van der Waals surface area contributed by atoms with Crippen LogP contribution in [0, 0.1) is 83.1 Å². The number of aryl methyl sites for hydroxylation is 10. The number of hydrogen-bond acceptors (Lipinski definition) is 4. The van der Waals surface area contributed by atoms with Crippen molar-refractivity contribution >= 4 is 14.2 Å². The van der Waals surface area contributed by atoms with Crippen LogP contribution in [0.4, 0.5) is 0 Å². The van der Waals surface area contributed by atoms with Crippen molar-refractivity contribution in [1.29, 1.82) is 0 Å². The van der Waals surface area contributed by atoms with Gasteiger partial charge in [0.1, 0.15) is 23.0 Å². The predicted molar refractivity (Wildman–Crippen MR) is 264 cm³/mol. The lowest BCUT2D eigenvalue weighted by molar-refractivity contribution is 0.414. The fraction of sp³-hybridized carbons (Fsp3) is 0.357. The Balaban J connectivity index is 1.60.